The summed E-state index contributed by atoms with van der Waals surface area (Å²) in [6.07, 6.45) is 1.75. The van der Waals surface area contributed by atoms with Crippen molar-refractivity contribution in [2.75, 3.05) is 11.6 Å². The van der Waals surface area contributed by atoms with Crippen LogP contribution >= 0.6 is 11.8 Å². The van der Waals surface area contributed by atoms with Gasteiger partial charge in [0.2, 0.25) is 0 Å². The van der Waals surface area contributed by atoms with E-state index in [-0.39, 0.29) is 11.3 Å². The van der Waals surface area contributed by atoms with Crippen LogP contribution in [0.15, 0.2) is 77.7 Å². The lowest BCUT2D eigenvalue weighted by atomic mass is 10.2. The van der Waals surface area contributed by atoms with Gasteiger partial charge >= 0.3 is 0 Å². The van der Waals surface area contributed by atoms with E-state index in [0.29, 0.717) is 16.3 Å². The summed E-state index contributed by atoms with van der Waals surface area (Å²) in [6.45, 7) is 0. The molecule has 0 aliphatic rings. The number of carbonyl (C=O) groups is 1. The maximum atomic E-state index is 12.4. The summed E-state index contributed by atoms with van der Waals surface area (Å²) < 4.78 is 5.70. The molecule has 0 fully saturated rings. The number of para-hydroxylation sites is 1. The van der Waals surface area contributed by atoms with Gasteiger partial charge in [-0.3, -0.25) is 14.9 Å². The minimum absolute atomic E-state index is 0.0817. The van der Waals surface area contributed by atoms with E-state index in [1.54, 1.807) is 42.7 Å². The molecule has 3 aromatic carbocycles. The summed E-state index contributed by atoms with van der Waals surface area (Å²) >= 11 is 1.26. The molecule has 7 heteroatoms. The predicted molar refractivity (Wildman–Crippen MR) is 106 cm³/mol. The molecule has 1 N–H and O–H groups in total. The summed E-state index contributed by atoms with van der Waals surface area (Å²) in [7, 11) is 0. The van der Waals surface area contributed by atoms with Crippen molar-refractivity contribution in [3.05, 3.63) is 88.5 Å². The third kappa shape index (κ3) is 4.65. The van der Waals surface area contributed by atoms with Gasteiger partial charge in [0, 0.05) is 17.3 Å². The van der Waals surface area contributed by atoms with Crippen LogP contribution in [0.1, 0.15) is 10.4 Å². The maximum Gasteiger partial charge on any atom is 0.283 e. The number of nitrogens with one attached hydrogen (secondary N) is 1. The Kier molecular flexibility index (Phi) is 5.73. The van der Waals surface area contributed by atoms with Crippen LogP contribution in [0.3, 0.4) is 0 Å². The van der Waals surface area contributed by atoms with Crippen molar-refractivity contribution >= 4 is 29.0 Å². The third-order valence-corrected chi connectivity index (χ3v) is 4.51. The monoisotopic (exact) mass is 380 g/mol. The summed E-state index contributed by atoms with van der Waals surface area (Å²) in [5.41, 5.74) is 0.711. The van der Waals surface area contributed by atoms with Crippen molar-refractivity contribution < 1.29 is 14.5 Å². The number of benzene rings is 3. The van der Waals surface area contributed by atoms with Crippen molar-refractivity contribution in [2.24, 2.45) is 0 Å². The Morgan fingerprint density at radius 2 is 1.67 bits per heavy atom. The smallest absolute Gasteiger partial charge is 0.283 e. The van der Waals surface area contributed by atoms with E-state index in [1.165, 1.54) is 17.8 Å². The van der Waals surface area contributed by atoms with E-state index < -0.39 is 10.8 Å². The Morgan fingerprint density at radius 1 is 1.00 bits per heavy atom. The molecule has 0 unspecified atom stereocenters. The normalized spacial score (nSPS) is 10.3. The number of carbonyl (C=O) groups excluding carboxylic acids is 1. The van der Waals surface area contributed by atoms with Crippen LogP contribution in [0.5, 0.6) is 11.5 Å². The number of rotatable bonds is 6. The number of hydrogen-bond acceptors (Lipinski definition) is 5. The molecular weight excluding hydrogens is 364 g/mol. The second kappa shape index (κ2) is 8.37. The molecule has 6 nitrogen and oxygen atoms in total. The Bertz CT molecular complexity index is 959. The molecule has 0 saturated carbocycles. The van der Waals surface area contributed by atoms with Gasteiger partial charge in [-0.25, -0.2) is 0 Å². The molecule has 3 rings (SSSR count). The summed E-state index contributed by atoms with van der Waals surface area (Å²) in [5.74, 6) is 0.942. The zero-order chi connectivity index (χ0) is 19.2. The minimum Gasteiger partial charge on any atom is -0.457 e. The minimum atomic E-state index is -0.488. The predicted octanol–water partition coefficient (Wildman–Crippen LogP) is 5.36. The number of thioether (sulfide) groups is 1. The van der Waals surface area contributed by atoms with Gasteiger partial charge in [-0.2, -0.15) is 0 Å². The van der Waals surface area contributed by atoms with E-state index in [2.05, 4.69) is 5.32 Å². The van der Waals surface area contributed by atoms with E-state index in [0.717, 1.165) is 5.75 Å². The molecule has 3 aromatic rings. The molecule has 1 amide bonds. The van der Waals surface area contributed by atoms with E-state index in [9.17, 15) is 14.9 Å². The van der Waals surface area contributed by atoms with Gasteiger partial charge in [-0.15, -0.1) is 11.8 Å². The van der Waals surface area contributed by atoms with Crippen molar-refractivity contribution in [3.8, 4) is 11.5 Å². The van der Waals surface area contributed by atoms with Gasteiger partial charge in [-0.1, -0.05) is 18.2 Å². The molecular formula is C20H16N2O4S. The molecule has 27 heavy (non-hydrogen) atoms. The number of anilines is 1. The number of nitro benzene ring substituents is 1. The SMILES string of the molecule is CSc1ccc(C(=O)Nc2ccc(Oc3ccccc3)cc2)cc1[N+](=O)[O-]. The highest BCUT2D eigenvalue weighted by molar-refractivity contribution is 7.98. The molecule has 0 aliphatic carbocycles. The summed E-state index contributed by atoms with van der Waals surface area (Å²) in [6, 6.07) is 20.7. The zero-order valence-electron chi connectivity index (χ0n) is 14.4. The molecule has 0 aromatic heterocycles. The Hall–Kier alpha value is -3.32. The molecule has 0 bridgehead atoms. The van der Waals surface area contributed by atoms with Crippen molar-refractivity contribution in [2.45, 2.75) is 4.90 Å². The highest BCUT2D eigenvalue weighted by atomic mass is 32.2. The highest BCUT2D eigenvalue weighted by Gasteiger charge is 2.17. The van der Waals surface area contributed by atoms with E-state index in [1.807, 2.05) is 30.3 Å². The lowest BCUT2D eigenvalue weighted by Crippen LogP contribution is -2.12. The molecule has 0 atom stereocenters. The lowest BCUT2D eigenvalue weighted by molar-refractivity contribution is -0.387. The van der Waals surface area contributed by atoms with Crippen molar-refractivity contribution in [3.63, 3.8) is 0 Å². The standard InChI is InChI=1S/C20H16N2O4S/c1-27-19-12-7-14(13-18(19)22(24)25)20(23)21-15-8-10-17(11-9-15)26-16-5-3-2-4-6-16/h2-13H,1H3,(H,21,23). The number of nitrogens with zero attached hydrogens (tertiary/aromatic N) is 1. The van der Waals surface area contributed by atoms with Crippen LogP contribution in [0.25, 0.3) is 0 Å². The first-order chi connectivity index (χ1) is 13.1. The molecule has 0 spiro atoms. The van der Waals surface area contributed by atoms with Crippen LogP contribution in [0.4, 0.5) is 11.4 Å². The average molecular weight is 380 g/mol. The summed E-state index contributed by atoms with van der Waals surface area (Å²) in [5, 5.41) is 13.9. The second-order valence-electron chi connectivity index (χ2n) is 5.54. The molecule has 0 heterocycles. The fourth-order valence-electron chi connectivity index (χ4n) is 2.41. The van der Waals surface area contributed by atoms with Gasteiger partial charge in [0.15, 0.2) is 0 Å². The van der Waals surface area contributed by atoms with Gasteiger partial charge < -0.3 is 10.1 Å². The van der Waals surface area contributed by atoms with Gasteiger partial charge in [-0.05, 0) is 54.8 Å². The van der Waals surface area contributed by atoms with E-state index >= 15 is 0 Å². The van der Waals surface area contributed by atoms with Gasteiger partial charge in [0.05, 0.1) is 9.82 Å². The maximum absolute atomic E-state index is 12.4. The van der Waals surface area contributed by atoms with Crippen LogP contribution in [0.2, 0.25) is 0 Å². The van der Waals surface area contributed by atoms with Crippen molar-refractivity contribution in [1.29, 1.82) is 0 Å². The Morgan fingerprint density at radius 3 is 2.30 bits per heavy atom. The Labute approximate surface area is 160 Å². The Balaban J connectivity index is 1.71. The lowest BCUT2D eigenvalue weighted by Gasteiger charge is -2.08. The molecule has 0 aliphatic heterocycles. The quantitative estimate of drug-likeness (QED) is 0.354. The largest absolute Gasteiger partial charge is 0.457 e. The first-order valence-corrected chi connectivity index (χ1v) is 9.26. The first-order valence-electron chi connectivity index (χ1n) is 8.03. The average Bonchev–Trinajstić information content (AvgIpc) is 2.69. The van der Waals surface area contributed by atoms with Crippen LogP contribution in [0, 0.1) is 10.1 Å². The topological polar surface area (TPSA) is 81.5 Å². The van der Waals surface area contributed by atoms with Gasteiger partial charge in [0.25, 0.3) is 11.6 Å². The fourth-order valence-corrected chi connectivity index (χ4v) is 2.95. The van der Waals surface area contributed by atoms with Crippen LogP contribution in [-0.4, -0.2) is 17.1 Å². The highest BCUT2D eigenvalue weighted by Crippen LogP contribution is 2.29. The number of ether oxygens (including phenoxy) is 1. The molecule has 0 radical (unpaired) electrons. The molecule has 136 valence electrons. The molecule has 0 saturated heterocycles. The van der Waals surface area contributed by atoms with Crippen LogP contribution < -0.4 is 10.1 Å². The number of amides is 1. The second-order valence-corrected chi connectivity index (χ2v) is 6.39. The first kappa shape index (κ1) is 18.5. The number of nitro groups is 1. The van der Waals surface area contributed by atoms with Crippen LogP contribution in [-0.2, 0) is 0 Å². The zero-order valence-corrected chi connectivity index (χ0v) is 15.2. The van der Waals surface area contributed by atoms with Crippen molar-refractivity contribution in [1.82, 2.24) is 0 Å². The fraction of sp³-hybridized carbons (Fsp3) is 0.0500. The summed E-state index contributed by atoms with van der Waals surface area (Å²) in [4.78, 5) is 23.6. The van der Waals surface area contributed by atoms with E-state index in [4.69, 9.17) is 4.74 Å². The third-order valence-electron chi connectivity index (χ3n) is 3.73. The van der Waals surface area contributed by atoms with Gasteiger partial charge in [0.1, 0.15) is 11.5 Å². The number of hydrogen-bond donors (Lipinski definition) is 1.